The normalized spacial score (nSPS) is 15.3. The molecule has 2 aliphatic carbocycles. The highest BCUT2D eigenvalue weighted by molar-refractivity contribution is 6.30. The Balaban J connectivity index is 0.000000684. The Kier molecular flexibility index (Phi) is 5.73. The van der Waals surface area contributed by atoms with E-state index in [1.165, 1.54) is 88.0 Å². The lowest BCUT2D eigenvalue weighted by molar-refractivity contribution is 0.664. The summed E-state index contributed by atoms with van der Waals surface area (Å²) in [5.41, 5.74) is 13.8. The van der Waals surface area contributed by atoms with Gasteiger partial charge in [0.15, 0.2) is 0 Å². The van der Waals surface area contributed by atoms with Crippen molar-refractivity contribution in [2.24, 2.45) is 5.92 Å². The third kappa shape index (κ3) is 3.58. The van der Waals surface area contributed by atoms with Gasteiger partial charge in [0.2, 0.25) is 0 Å². The molecule has 0 bridgehead atoms. The highest BCUT2D eigenvalue weighted by Crippen LogP contribution is 2.59. The Morgan fingerprint density at radius 3 is 1.93 bits per heavy atom. The average molecular weight is 569 g/mol. The number of hydrogen-bond acceptors (Lipinski definition) is 0. The van der Waals surface area contributed by atoms with Crippen LogP contribution < -0.4 is 0 Å². The molecule has 0 spiro atoms. The molecule has 0 unspecified atom stereocenters. The summed E-state index contributed by atoms with van der Waals surface area (Å²) in [5, 5.41) is 8.41. The molecular formula is C44H40. The molecule has 7 aromatic rings. The van der Waals surface area contributed by atoms with E-state index in [2.05, 4.69) is 158 Å². The van der Waals surface area contributed by atoms with Crippen LogP contribution in [0.1, 0.15) is 70.7 Å². The molecule has 2 aliphatic rings. The van der Waals surface area contributed by atoms with Crippen LogP contribution in [0.5, 0.6) is 0 Å². The van der Waals surface area contributed by atoms with Crippen LogP contribution >= 0.6 is 0 Å². The second kappa shape index (κ2) is 9.29. The first kappa shape index (κ1) is 27.2. The van der Waals surface area contributed by atoms with Crippen LogP contribution in [0.25, 0.3) is 65.7 Å². The van der Waals surface area contributed by atoms with Crippen LogP contribution in [-0.4, -0.2) is 0 Å². The number of rotatable bonds is 1. The fourth-order valence-electron chi connectivity index (χ4n) is 8.41. The molecule has 0 fully saturated rings. The van der Waals surface area contributed by atoms with Gasteiger partial charge in [-0.1, -0.05) is 146 Å². The summed E-state index contributed by atoms with van der Waals surface area (Å²) >= 11 is 0. The summed E-state index contributed by atoms with van der Waals surface area (Å²) in [6.45, 7) is 16.2. The molecule has 0 amide bonds. The van der Waals surface area contributed by atoms with Gasteiger partial charge in [-0.25, -0.2) is 0 Å². The first-order valence-corrected chi connectivity index (χ1v) is 16.2. The van der Waals surface area contributed by atoms with E-state index >= 15 is 0 Å². The number of benzene rings is 7. The Morgan fingerprint density at radius 2 is 1.16 bits per heavy atom. The predicted molar refractivity (Wildman–Crippen MR) is 191 cm³/mol. The van der Waals surface area contributed by atoms with Crippen molar-refractivity contribution in [2.45, 2.75) is 59.3 Å². The van der Waals surface area contributed by atoms with E-state index in [0.717, 1.165) is 5.92 Å². The Hall–Kier alpha value is -4.42. The maximum Gasteiger partial charge on any atom is 0.0165 e. The van der Waals surface area contributed by atoms with Crippen molar-refractivity contribution < 1.29 is 0 Å². The minimum absolute atomic E-state index is 0.0412. The van der Waals surface area contributed by atoms with Gasteiger partial charge >= 0.3 is 0 Å². The minimum atomic E-state index is -0.125. The molecular weight excluding hydrogens is 528 g/mol. The maximum absolute atomic E-state index is 2.56. The molecule has 0 radical (unpaired) electrons. The van der Waals surface area contributed by atoms with Gasteiger partial charge < -0.3 is 0 Å². The monoisotopic (exact) mass is 568 g/mol. The molecule has 0 nitrogen and oxygen atoms in total. The zero-order valence-corrected chi connectivity index (χ0v) is 27.0. The molecule has 44 heavy (non-hydrogen) atoms. The topological polar surface area (TPSA) is 0 Å². The fraction of sp³-hybridized carbons (Fsp3) is 0.227. The molecule has 0 saturated heterocycles. The van der Waals surface area contributed by atoms with Crippen molar-refractivity contribution in [1.29, 1.82) is 0 Å². The summed E-state index contributed by atoms with van der Waals surface area (Å²) in [6, 6.07) is 41.2. The van der Waals surface area contributed by atoms with E-state index in [9.17, 15) is 0 Å². The Bertz CT molecular complexity index is 2240. The standard InChI is InChI=1S/C40H30.C4H10/c1-39(2)32-16-9-8-14-26(32)30-22-31-35-29(37(30)39)20-17-24-13-10-15-28(34(24)35)36-27-19-18-25(23-11-6-5-7-12-23)21-33(27)40(3,4)38(31)36;1-4(2)3/h5-22H,1-4H3;4H,1-3H3. The Labute approximate surface area is 261 Å². The quantitative estimate of drug-likeness (QED) is 0.173. The van der Waals surface area contributed by atoms with E-state index in [-0.39, 0.29) is 10.8 Å². The SMILES string of the molecule is CC(C)C.CC1(C)c2ccccc2-c2cc3c4c(c5cccc6ccc(c21)c3c65)-c1ccc(-c2ccccc2)cc1C4(C)C. The Morgan fingerprint density at radius 1 is 0.455 bits per heavy atom. The van der Waals surface area contributed by atoms with Gasteiger partial charge in [0.05, 0.1) is 0 Å². The highest BCUT2D eigenvalue weighted by Gasteiger charge is 2.42. The van der Waals surface area contributed by atoms with Crippen molar-refractivity contribution in [1.82, 2.24) is 0 Å². The van der Waals surface area contributed by atoms with Crippen LogP contribution in [0.15, 0.2) is 109 Å². The van der Waals surface area contributed by atoms with Crippen LogP contribution in [0.4, 0.5) is 0 Å². The molecule has 7 aromatic carbocycles. The zero-order valence-electron chi connectivity index (χ0n) is 27.0. The maximum atomic E-state index is 2.56. The predicted octanol–water partition coefficient (Wildman–Crippen LogP) is 12.5. The largest absolute Gasteiger partial charge is 0.0630 e. The average Bonchev–Trinajstić information content (AvgIpc) is 3.40. The van der Waals surface area contributed by atoms with Crippen LogP contribution in [-0.2, 0) is 10.8 Å². The molecule has 0 heterocycles. The second-order valence-electron chi connectivity index (χ2n) is 14.6. The summed E-state index contributed by atoms with van der Waals surface area (Å²) in [5.74, 6) is 0.833. The van der Waals surface area contributed by atoms with Gasteiger partial charge in [-0.2, -0.15) is 0 Å². The molecule has 0 atom stereocenters. The van der Waals surface area contributed by atoms with E-state index in [1.807, 2.05) is 0 Å². The van der Waals surface area contributed by atoms with Crippen molar-refractivity contribution in [2.75, 3.05) is 0 Å². The van der Waals surface area contributed by atoms with E-state index < -0.39 is 0 Å². The molecule has 0 N–H and O–H groups in total. The molecule has 0 saturated carbocycles. The number of hydrogen-bond donors (Lipinski definition) is 0. The van der Waals surface area contributed by atoms with Crippen LogP contribution in [0.2, 0.25) is 0 Å². The smallest absolute Gasteiger partial charge is 0.0165 e. The van der Waals surface area contributed by atoms with Crippen LogP contribution in [0.3, 0.4) is 0 Å². The van der Waals surface area contributed by atoms with E-state index in [4.69, 9.17) is 0 Å². The van der Waals surface area contributed by atoms with Crippen molar-refractivity contribution in [3.8, 4) is 33.4 Å². The molecule has 0 aliphatic heterocycles. The first-order valence-electron chi connectivity index (χ1n) is 16.2. The lowest BCUT2D eigenvalue weighted by atomic mass is 9.75. The van der Waals surface area contributed by atoms with E-state index in [0.29, 0.717) is 0 Å². The summed E-state index contributed by atoms with van der Waals surface area (Å²) in [4.78, 5) is 0. The molecule has 216 valence electrons. The highest BCUT2D eigenvalue weighted by atomic mass is 14.4. The van der Waals surface area contributed by atoms with Gasteiger partial charge in [-0.05, 0) is 106 Å². The third-order valence-corrected chi connectivity index (χ3v) is 10.1. The fourth-order valence-corrected chi connectivity index (χ4v) is 8.41. The van der Waals surface area contributed by atoms with Crippen molar-refractivity contribution in [3.63, 3.8) is 0 Å². The van der Waals surface area contributed by atoms with Gasteiger partial charge in [0.25, 0.3) is 0 Å². The van der Waals surface area contributed by atoms with Gasteiger partial charge in [-0.15, -0.1) is 0 Å². The molecule has 0 aromatic heterocycles. The van der Waals surface area contributed by atoms with E-state index in [1.54, 1.807) is 0 Å². The summed E-state index contributed by atoms with van der Waals surface area (Å²) in [7, 11) is 0. The minimum Gasteiger partial charge on any atom is -0.0630 e. The second-order valence-corrected chi connectivity index (χ2v) is 14.6. The van der Waals surface area contributed by atoms with Crippen molar-refractivity contribution >= 4 is 32.3 Å². The number of fused-ring (bicyclic) bond motifs is 9. The summed E-state index contributed by atoms with van der Waals surface area (Å²) < 4.78 is 0. The van der Waals surface area contributed by atoms with Gasteiger partial charge in [0.1, 0.15) is 0 Å². The van der Waals surface area contributed by atoms with Crippen LogP contribution in [0, 0.1) is 5.92 Å². The van der Waals surface area contributed by atoms with Crippen molar-refractivity contribution in [3.05, 3.63) is 131 Å². The zero-order chi connectivity index (χ0) is 30.5. The lowest BCUT2D eigenvalue weighted by Crippen LogP contribution is -2.17. The third-order valence-electron chi connectivity index (χ3n) is 10.1. The lowest BCUT2D eigenvalue weighted by Gasteiger charge is -2.28. The molecule has 9 rings (SSSR count). The molecule has 0 heteroatoms. The first-order chi connectivity index (χ1) is 21.1. The van der Waals surface area contributed by atoms with Gasteiger partial charge in [0, 0.05) is 10.8 Å². The van der Waals surface area contributed by atoms with Gasteiger partial charge in [-0.3, -0.25) is 0 Å². The summed E-state index contributed by atoms with van der Waals surface area (Å²) in [6.07, 6.45) is 0.